The number of rotatable bonds is 4. The first kappa shape index (κ1) is 28.6. The van der Waals surface area contributed by atoms with E-state index in [-0.39, 0.29) is 11.2 Å². The Kier molecular flexibility index (Phi) is 6.28. The maximum atomic E-state index is 6.44. The minimum absolute atomic E-state index is 0.190. The lowest BCUT2D eigenvalue weighted by molar-refractivity contribution is 0.669. The van der Waals surface area contributed by atoms with Crippen molar-refractivity contribution >= 4 is 55.6 Å². The third kappa shape index (κ3) is 4.48. The summed E-state index contributed by atoms with van der Waals surface area (Å²) in [6, 6.07) is 46.5. The van der Waals surface area contributed by atoms with E-state index in [9.17, 15) is 0 Å². The zero-order chi connectivity index (χ0) is 33.5. The Balaban J connectivity index is 1.07. The van der Waals surface area contributed by atoms with Gasteiger partial charge in [0.1, 0.15) is 22.3 Å². The van der Waals surface area contributed by atoms with Gasteiger partial charge >= 0.3 is 0 Å². The van der Waals surface area contributed by atoms with E-state index in [0.717, 1.165) is 99.4 Å². The SMILES string of the molecule is C1=CC2Sc3c(-c4cccc(-c5cccc6c5oc5ccccc56)c4)nc(-c4cccc(-c5cccc6c5oc5ccccc56)c4)nc3C2C=C1. The Hall–Kier alpha value is -6.17. The molecule has 3 aromatic heterocycles. The molecular formula is C46H28N2O2S. The molecule has 240 valence electrons. The molecule has 1 aliphatic heterocycles. The normalized spacial score (nSPS) is 16.4. The minimum atomic E-state index is 0.190. The molecule has 0 N–H and O–H groups in total. The molecule has 11 rings (SSSR count). The molecule has 9 aromatic rings. The summed E-state index contributed by atoms with van der Waals surface area (Å²) in [5, 5.41) is 4.77. The second kappa shape index (κ2) is 11.2. The van der Waals surface area contributed by atoms with Crippen LogP contribution in [0.4, 0.5) is 0 Å². The van der Waals surface area contributed by atoms with Gasteiger partial charge in [-0.05, 0) is 35.4 Å². The third-order valence-electron chi connectivity index (χ3n) is 10.2. The van der Waals surface area contributed by atoms with Crippen LogP contribution in [0.2, 0.25) is 0 Å². The van der Waals surface area contributed by atoms with Crippen molar-refractivity contribution in [2.75, 3.05) is 0 Å². The Morgan fingerprint density at radius 2 is 1.04 bits per heavy atom. The molecule has 2 unspecified atom stereocenters. The van der Waals surface area contributed by atoms with Crippen molar-refractivity contribution < 1.29 is 8.83 Å². The number of hydrogen-bond donors (Lipinski definition) is 0. The van der Waals surface area contributed by atoms with Crippen LogP contribution in [-0.2, 0) is 0 Å². The summed E-state index contributed by atoms with van der Waals surface area (Å²) in [6.07, 6.45) is 8.85. The summed E-state index contributed by atoms with van der Waals surface area (Å²) in [5.74, 6) is 0.909. The maximum absolute atomic E-state index is 6.44. The van der Waals surface area contributed by atoms with E-state index in [1.54, 1.807) is 0 Å². The van der Waals surface area contributed by atoms with Gasteiger partial charge < -0.3 is 8.83 Å². The van der Waals surface area contributed by atoms with Crippen molar-refractivity contribution in [2.45, 2.75) is 16.1 Å². The van der Waals surface area contributed by atoms with Crippen LogP contribution in [0, 0.1) is 0 Å². The van der Waals surface area contributed by atoms with E-state index in [1.165, 1.54) is 0 Å². The van der Waals surface area contributed by atoms with Crippen LogP contribution in [0.15, 0.2) is 171 Å². The lowest BCUT2D eigenvalue weighted by Gasteiger charge is -2.15. The van der Waals surface area contributed by atoms with Crippen molar-refractivity contribution in [3.8, 4) is 44.9 Å². The fraction of sp³-hybridized carbons (Fsp3) is 0.0435. The molecule has 51 heavy (non-hydrogen) atoms. The number of allylic oxidation sites excluding steroid dienone is 3. The number of nitrogens with zero attached hydrogens (tertiary/aromatic N) is 2. The average Bonchev–Trinajstić information content (AvgIpc) is 3.89. The lowest BCUT2D eigenvalue weighted by atomic mass is 9.94. The van der Waals surface area contributed by atoms with Crippen molar-refractivity contribution in [3.63, 3.8) is 0 Å². The highest BCUT2D eigenvalue weighted by atomic mass is 32.2. The van der Waals surface area contributed by atoms with Crippen molar-refractivity contribution in [1.82, 2.24) is 9.97 Å². The van der Waals surface area contributed by atoms with E-state index in [0.29, 0.717) is 0 Å². The fourth-order valence-corrected chi connectivity index (χ4v) is 9.21. The van der Waals surface area contributed by atoms with Gasteiger partial charge in [-0.15, -0.1) is 11.8 Å². The molecule has 0 bridgehead atoms. The van der Waals surface area contributed by atoms with Crippen LogP contribution < -0.4 is 0 Å². The highest BCUT2D eigenvalue weighted by molar-refractivity contribution is 8.00. The van der Waals surface area contributed by atoms with Gasteiger partial charge in [0.15, 0.2) is 5.82 Å². The molecule has 1 aliphatic carbocycles. The van der Waals surface area contributed by atoms with Gasteiger partial charge in [-0.2, -0.15) is 0 Å². The first-order chi connectivity index (χ1) is 25.3. The van der Waals surface area contributed by atoms with Gasteiger partial charge in [-0.25, -0.2) is 9.97 Å². The van der Waals surface area contributed by atoms with E-state index in [4.69, 9.17) is 18.8 Å². The van der Waals surface area contributed by atoms with Crippen LogP contribution in [0.25, 0.3) is 88.8 Å². The van der Waals surface area contributed by atoms with Crippen molar-refractivity contribution in [2.24, 2.45) is 0 Å². The molecule has 0 saturated heterocycles. The van der Waals surface area contributed by atoms with Crippen molar-refractivity contribution in [3.05, 3.63) is 163 Å². The molecule has 0 saturated carbocycles. The zero-order valence-electron chi connectivity index (χ0n) is 27.3. The topological polar surface area (TPSA) is 52.1 Å². The third-order valence-corrected chi connectivity index (χ3v) is 11.6. The number of aromatic nitrogens is 2. The van der Waals surface area contributed by atoms with Gasteiger partial charge in [-0.3, -0.25) is 0 Å². The van der Waals surface area contributed by atoms with Gasteiger partial charge in [-0.1, -0.05) is 133 Å². The molecule has 0 radical (unpaired) electrons. The van der Waals surface area contributed by atoms with Crippen LogP contribution in [-0.4, -0.2) is 15.2 Å². The number of para-hydroxylation sites is 4. The number of furan rings is 2. The van der Waals surface area contributed by atoms with Crippen LogP contribution >= 0.6 is 11.8 Å². The number of benzene rings is 6. The fourth-order valence-electron chi connectivity index (χ4n) is 7.83. The lowest BCUT2D eigenvalue weighted by Crippen LogP contribution is -2.09. The van der Waals surface area contributed by atoms with Gasteiger partial charge in [0, 0.05) is 55.0 Å². The van der Waals surface area contributed by atoms with E-state index >= 15 is 0 Å². The van der Waals surface area contributed by atoms with E-state index < -0.39 is 0 Å². The standard InChI is InChI=1S/C46H28N2O2S/c1-4-22-38-33(15-1)35-20-9-18-31(43(35)49-38)27-11-7-13-29(25-27)41-45-42(37-17-3-6-24-40(37)51-45)48-46(47-41)30-14-8-12-28(26-30)32-19-10-21-36-34-16-2-5-23-39(34)50-44(32)36/h1-26,37,40H. The largest absolute Gasteiger partial charge is 0.455 e. The van der Waals surface area contributed by atoms with Crippen LogP contribution in [0.5, 0.6) is 0 Å². The molecular weight excluding hydrogens is 645 g/mol. The number of fused-ring (bicyclic) bond motifs is 9. The predicted molar refractivity (Wildman–Crippen MR) is 209 cm³/mol. The molecule has 2 atom stereocenters. The second-order valence-electron chi connectivity index (χ2n) is 13.2. The average molecular weight is 673 g/mol. The number of hydrogen-bond acceptors (Lipinski definition) is 5. The first-order valence-electron chi connectivity index (χ1n) is 17.2. The second-order valence-corrected chi connectivity index (χ2v) is 14.4. The van der Waals surface area contributed by atoms with Gasteiger partial charge in [0.05, 0.1) is 16.3 Å². The van der Waals surface area contributed by atoms with Crippen LogP contribution in [0.1, 0.15) is 11.6 Å². The zero-order valence-corrected chi connectivity index (χ0v) is 28.1. The van der Waals surface area contributed by atoms with Gasteiger partial charge in [0.25, 0.3) is 0 Å². The first-order valence-corrected chi connectivity index (χ1v) is 18.1. The quantitative estimate of drug-likeness (QED) is 0.186. The Morgan fingerprint density at radius 1 is 0.490 bits per heavy atom. The molecule has 0 spiro atoms. The van der Waals surface area contributed by atoms with E-state index in [2.05, 4.69) is 133 Å². The molecule has 4 nitrogen and oxygen atoms in total. The van der Waals surface area contributed by atoms with Gasteiger partial charge in [0.2, 0.25) is 0 Å². The minimum Gasteiger partial charge on any atom is -0.455 e. The molecule has 0 amide bonds. The maximum Gasteiger partial charge on any atom is 0.160 e. The molecule has 2 aliphatic rings. The summed E-state index contributed by atoms with van der Waals surface area (Å²) in [4.78, 5) is 11.8. The smallest absolute Gasteiger partial charge is 0.160 e. The number of thioether (sulfide) groups is 1. The summed E-state index contributed by atoms with van der Waals surface area (Å²) in [7, 11) is 0. The molecule has 5 heteroatoms. The summed E-state index contributed by atoms with van der Waals surface area (Å²) in [5.41, 5.74) is 11.9. The van der Waals surface area contributed by atoms with Crippen LogP contribution in [0.3, 0.4) is 0 Å². The molecule has 0 fully saturated rings. The molecule has 6 aromatic carbocycles. The van der Waals surface area contributed by atoms with Crippen molar-refractivity contribution in [1.29, 1.82) is 0 Å². The highest BCUT2D eigenvalue weighted by Gasteiger charge is 2.36. The summed E-state index contributed by atoms with van der Waals surface area (Å²) < 4.78 is 12.9. The monoisotopic (exact) mass is 672 g/mol. The Morgan fingerprint density at radius 3 is 1.73 bits per heavy atom. The Labute approximate surface area is 297 Å². The summed E-state index contributed by atoms with van der Waals surface area (Å²) in [6.45, 7) is 0. The highest BCUT2D eigenvalue weighted by Crippen LogP contribution is 2.51. The van der Waals surface area contributed by atoms with E-state index in [1.807, 2.05) is 36.0 Å². The predicted octanol–water partition coefficient (Wildman–Crippen LogP) is 12.6. The summed E-state index contributed by atoms with van der Waals surface area (Å²) >= 11 is 1.86. The Bertz CT molecular complexity index is 2930. The molecule has 4 heterocycles.